The number of phenols is 1. The molecule has 0 fully saturated rings. The Labute approximate surface area is 124 Å². The summed E-state index contributed by atoms with van der Waals surface area (Å²) in [6, 6.07) is 16.8. The van der Waals surface area contributed by atoms with Gasteiger partial charge >= 0.3 is 5.97 Å². The molecule has 0 aliphatic rings. The molecule has 108 valence electrons. The number of carbonyl (C=O) groups is 1. The van der Waals surface area contributed by atoms with E-state index in [2.05, 4.69) is 0 Å². The number of aromatic hydroxyl groups is 1. The lowest BCUT2D eigenvalue weighted by molar-refractivity contribution is -0.142. The number of aryl methyl sites for hydroxylation is 1. The van der Waals surface area contributed by atoms with E-state index in [1.54, 1.807) is 18.2 Å². The van der Waals surface area contributed by atoms with Crippen molar-refractivity contribution in [1.29, 1.82) is 0 Å². The van der Waals surface area contributed by atoms with Gasteiger partial charge in [0, 0.05) is 6.42 Å². The molecule has 0 atom stereocenters. The minimum absolute atomic E-state index is 0.217. The predicted molar refractivity (Wildman–Crippen MR) is 82.9 cm³/mol. The summed E-state index contributed by atoms with van der Waals surface area (Å²) in [6.45, 7) is 0.258. The van der Waals surface area contributed by atoms with Gasteiger partial charge in [-0.05, 0) is 29.7 Å². The van der Waals surface area contributed by atoms with Crippen LogP contribution < -0.4 is 0 Å². The largest absolute Gasteiger partial charge is 0.508 e. The molecule has 0 aromatic heterocycles. The van der Waals surface area contributed by atoms with Gasteiger partial charge in [-0.1, -0.05) is 54.6 Å². The molecule has 0 amide bonds. The number of benzene rings is 2. The van der Waals surface area contributed by atoms with E-state index in [1.165, 1.54) is 0 Å². The summed E-state index contributed by atoms with van der Waals surface area (Å²) >= 11 is 0. The van der Waals surface area contributed by atoms with Crippen molar-refractivity contribution < 1.29 is 14.6 Å². The number of para-hydroxylation sites is 1. The third-order valence-electron chi connectivity index (χ3n) is 3.04. The zero-order valence-electron chi connectivity index (χ0n) is 11.7. The van der Waals surface area contributed by atoms with Crippen LogP contribution in [0.5, 0.6) is 5.75 Å². The molecule has 0 aliphatic heterocycles. The number of ether oxygens (including phenoxy) is 1. The van der Waals surface area contributed by atoms with Gasteiger partial charge in [-0.15, -0.1) is 0 Å². The third kappa shape index (κ3) is 5.15. The fraction of sp³-hybridized carbons (Fsp3) is 0.167. The molecule has 0 spiro atoms. The molecular formula is C18H18O3. The number of carbonyl (C=O) groups excluding carboxylic acids is 1. The number of hydrogen-bond acceptors (Lipinski definition) is 3. The van der Waals surface area contributed by atoms with E-state index < -0.39 is 0 Å². The van der Waals surface area contributed by atoms with E-state index in [1.807, 2.05) is 48.6 Å². The molecule has 0 saturated heterocycles. The lowest BCUT2D eigenvalue weighted by atomic mass is 10.1. The Bertz CT molecular complexity index is 603. The summed E-state index contributed by atoms with van der Waals surface area (Å²) in [5, 5.41) is 9.60. The van der Waals surface area contributed by atoms with Gasteiger partial charge in [0.1, 0.15) is 12.4 Å². The summed E-state index contributed by atoms with van der Waals surface area (Å²) in [5.74, 6) is -0.0507. The van der Waals surface area contributed by atoms with Gasteiger partial charge in [0.05, 0.1) is 0 Å². The van der Waals surface area contributed by atoms with Crippen LogP contribution in [-0.4, -0.2) is 17.7 Å². The Morgan fingerprint density at radius 3 is 2.52 bits per heavy atom. The molecule has 0 aliphatic carbocycles. The first kappa shape index (κ1) is 14.9. The lowest BCUT2D eigenvalue weighted by Crippen LogP contribution is -2.05. The molecule has 3 nitrogen and oxygen atoms in total. The highest BCUT2D eigenvalue weighted by molar-refractivity contribution is 5.70. The zero-order chi connectivity index (χ0) is 14.9. The molecule has 2 rings (SSSR count). The normalized spacial score (nSPS) is 10.7. The van der Waals surface area contributed by atoms with Crippen LogP contribution in [0.1, 0.15) is 17.5 Å². The maximum absolute atomic E-state index is 11.6. The van der Waals surface area contributed by atoms with Crippen LogP contribution in [0.3, 0.4) is 0 Å². The first-order chi connectivity index (χ1) is 10.3. The van der Waals surface area contributed by atoms with E-state index in [0.29, 0.717) is 6.42 Å². The molecule has 21 heavy (non-hydrogen) atoms. The maximum atomic E-state index is 11.6. The third-order valence-corrected chi connectivity index (χ3v) is 3.04. The maximum Gasteiger partial charge on any atom is 0.306 e. The van der Waals surface area contributed by atoms with Gasteiger partial charge in [-0.2, -0.15) is 0 Å². The van der Waals surface area contributed by atoms with Gasteiger partial charge < -0.3 is 9.84 Å². The summed E-state index contributed by atoms with van der Waals surface area (Å²) in [6.07, 6.45) is 4.47. The molecule has 2 aromatic carbocycles. The van der Waals surface area contributed by atoms with E-state index >= 15 is 0 Å². The van der Waals surface area contributed by atoms with E-state index in [-0.39, 0.29) is 24.7 Å². The fourth-order valence-electron chi connectivity index (χ4n) is 1.92. The lowest BCUT2D eigenvalue weighted by Gasteiger charge is -2.04. The Morgan fingerprint density at radius 2 is 1.76 bits per heavy atom. The second kappa shape index (κ2) is 7.90. The van der Waals surface area contributed by atoms with Crippen LogP contribution in [0.4, 0.5) is 0 Å². The van der Waals surface area contributed by atoms with E-state index in [4.69, 9.17) is 4.74 Å². The Hall–Kier alpha value is -2.55. The predicted octanol–water partition coefficient (Wildman–Crippen LogP) is 3.58. The monoisotopic (exact) mass is 282 g/mol. The first-order valence-corrected chi connectivity index (χ1v) is 6.90. The second-order valence-corrected chi connectivity index (χ2v) is 4.62. The standard InChI is InChI=1S/C18H18O3/c19-17-11-5-4-10-16(17)12-13-18(20)21-14-6-9-15-7-2-1-3-8-15/h1-11,19H,12-14H2/b9-6+. The average molecular weight is 282 g/mol. The average Bonchev–Trinajstić information content (AvgIpc) is 2.52. The number of hydrogen-bond donors (Lipinski definition) is 1. The van der Waals surface area contributed by atoms with Crippen molar-refractivity contribution in [2.45, 2.75) is 12.8 Å². The van der Waals surface area contributed by atoms with Gasteiger partial charge in [0.25, 0.3) is 0 Å². The molecule has 0 radical (unpaired) electrons. The Balaban J connectivity index is 1.71. The van der Waals surface area contributed by atoms with Crippen LogP contribution in [0.25, 0.3) is 6.08 Å². The molecule has 3 heteroatoms. The van der Waals surface area contributed by atoms with Crippen LogP contribution in [0.15, 0.2) is 60.7 Å². The summed E-state index contributed by atoms with van der Waals surface area (Å²) in [4.78, 5) is 11.6. The molecule has 0 unspecified atom stereocenters. The molecule has 0 heterocycles. The summed E-state index contributed by atoms with van der Waals surface area (Å²) in [7, 11) is 0. The molecular weight excluding hydrogens is 264 g/mol. The number of esters is 1. The van der Waals surface area contributed by atoms with Crippen molar-refractivity contribution in [3.05, 3.63) is 71.8 Å². The smallest absolute Gasteiger partial charge is 0.306 e. The van der Waals surface area contributed by atoms with E-state index in [0.717, 1.165) is 11.1 Å². The van der Waals surface area contributed by atoms with Gasteiger partial charge in [0.2, 0.25) is 0 Å². The Kier molecular flexibility index (Phi) is 5.59. The summed E-state index contributed by atoms with van der Waals surface area (Å²) < 4.78 is 5.12. The van der Waals surface area contributed by atoms with Crippen LogP contribution in [0.2, 0.25) is 0 Å². The van der Waals surface area contributed by atoms with Crippen molar-refractivity contribution in [1.82, 2.24) is 0 Å². The summed E-state index contributed by atoms with van der Waals surface area (Å²) in [5.41, 5.74) is 1.83. The van der Waals surface area contributed by atoms with Crippen LogP contribution in [-0.2, 0) is 16.0 Å². The number of rotatable bonds is 6. The minimum Gasteiger partial charge on any atom is -0.508 e. The fourth-order valence-corrected chi connectivity index (χ4v) is 1.92. The molecule has 2 aromatic rings. The van der Waals surface area contributed by atoms with Crippen molar-refractivity contribution in [2.24, 2.45) is 0 Å². The highest BCUT2D eigenvalue weighted by Gasteiger charge is 2.05. The SMILES string of the molecule is O=C(CCc1ccccc1O)OC/C=C/c1ccccc1. The van der Waals surface area contributed by atoms with Crippen molar-refractivity contribution in [2.75, 3.05) is 6.61 Å². The minimum atomic E-state index is -0.268. The van der Waals surface area contributed by atoms with Crippen LogP contribution in [0, 0.1) is 0 Å². The van der Waals surface area contributed by atoms with Gasteiger partial charge in [-0.3, -0.25) is 4.79 Å². The first-order valence-electron chi connectivity index (χ1n) is 6.90. The highest BCUT2D eigenvalue weighted by Crippen LogP contribution is 2.17. The molecule has 0 saturated carbocycles. The van der Waals surface area contributed by atoms with Crippen molar-refractivity contribution in [3.8, 4) is 5.75 Å². The van der Waals surface area contributed by atoms with Gasteiger partial charge in [0.15, 0.2) is 0 Å². The topological polar surface area (TPSA) is 46.5 Å². The zero-order valence-corrected chi connectivity index (χ0v) is 11.7. The van der Waals surface area contributed by atoms with Crippen LogP contribution >= 0.6 is 0 Å². The van der Waals surface area contributed by atoms with Crippen molar-refractivity contribution >= 4 is 12.0 Å². The Morgan fingerprint density at radius 1 is 1.05 bits per heavy atom. The molecule has 0 bridgehead atoms. The highest BCUT2D eigenvalue weighted by atomic mass is 16.5. The molecule has 1 N–H and O–H groups in total. The van der Waals surface area contributed by atoms with E-state index in [9.17, 15) is 9.90 Å². The van der Waals surface area contributed by atoms with Gasteiger partial charge in [-0.25, -0.2) is 0 Å². The quantitative estimate of drug-likeness (QED) is 0.824. The van der Waals surface area contributed by atoms with Crippen molar-refractivity contribution in [3.63, 3.8) is 0 Å². The number of phenolic OH excluding ortho intramolecular Hbond substituents is 1. The second-order valence-electron chi connectivity index (χ2n) is 4.62.